The number of ether oxygens (including phenoxy) is 1. The lowest BCUT2D eigenvalue weighted by molar-refractivity contribution is 0.148. The number of benzene rings is 2. The lowest BCUT2D eigenvalue weighted by Crippen LogP contribution is -2.26. The van der Waals surface area contributed by atoms with Crippen LogP contribution in [0.5, 0.6) is 0 Å². The number of aryl methyl sites for hydroxylation is 1. The lowest BCUT2D eigenvalue weighted by Gasteiger charge is -2.20. The zero-order valence-electron chi connectivity index (χ0n) is 12.3. The van der Waals surface area contributed by atoms with E-state index in [1.54, 1.807) is 0 Å². The van der Waals surface area contributed by atoms with Gasteiger partial charge in [0.05, 0.1) is 12.6 Å². The van der Waals surface area contributed by atoms with Crippen LogP contribution in [0.25, 0.3) is 0 Å². The summed E-state index contributed by atoms with van der Waals surface area (Å²) in [5.41, 5.74) is 3.86. The summed E-state index contributed by atoms with van der Waals surface area (Å²) in [5.74, 6) is 0. The Morgan fingerprint density at radius 2 is 1.60 bits per heavy atom. The standard InChI is InChI=1S/C18H23NO/c1-3-20-14-13-19-18(16-7-5-4-6-8-16)17-11-9-15(2)10-12-17/h4-12,18-19H,3,13-14H2,1-2H3/t18-/m1/s1. The summed E-state index contributed by atoms with van der Waals surface area (Å²) in [6.45, 7) is 6.49. The van der Waals surface area contributed by atoms with Gasteiger partial charge < -0.3 is 10.1 Å². The van der Waals surface area contributed by atoms with Crippen LogP contribution in [-0.4, -0.2) is 19.8 Å². The van der Waals surface area contributed by atoms with Crippen LogP contribution in [0.2, 0.25) is 0 Å². The average Bonchev–Trinajstić information content (AvgIpc) is 2.50. The molecule has 0 amide bonds. The second-order valence-electron chi connectivity index (χ2n) is 4.91. The van der Waals surface area contributed by atoms with Crippen LogP contribution in [0.1, 0.15) is 29.7 Å². The van der Waals surface area contributed by atoms with Crippen LogP contribution in [0.15, 0.2) is 54.6 Å². The molecule has 0 radical (unpaired) electrons. The van der Waals surface area contributed by atoms with Crippen molar-refractivity contribution in [2.75, 3.05) is 19.8 Å². The summed E-state index contributed by atoms with van der Waals surface area (Å²) in [6, 6.07) is 19.5. The molecule has 0 spiro atoms. The molecule has 0 unspecified atom stereocenters. The van der Waals surface area contributed by atoms with Gasteiger partial charge >= 0.3 is 0 Å². The van der Waals surface area contributed by atoms with E-state index < -0.39 is 0 Å². The summed E-state index contributed by atoms with van der Waals surface area (Å²) in [6.07, 6.45) is 0. The Kier molecular flexibility index (Phi) is 5.78. The van der Waals surface area contributed by atoms with Crippen molar-refractivity contribution in [3.63, 3.8) is 0 Å². The van der Waals surface area contributed by atoms with Crippen LogP contribution < -0.4 is 5.32 Å². The Morgan fingerprint density at radius 3 is 2.25 bits per heavy atom. The van der Waals surface area contributed by atoms with Gasteiger partial charge in [0.25, 0.3) is 0 Å². The average molecular weight is 269 g/mol. The minimum Gasteiger partial charge on any atom is -0.380 e. The van der Waals surface area contributed by atoms with E-state index in [0.717, 1.165) is 19.8 Å². The number of hydrogen-bond acceptors (Lipinski definition) is 2. The van der Waals surface area contributed by atoms with Gasteiger partial charge in [0.1, 0.15) is 0 Å². The molecule has 2 aromatic rings. The Balaban J connectivity index is 2.13. The Morgan fingerprint density at radius 1 is 0.950 bits per heavy atom. The third kappa shape index (κ3) is 4.19. The van der Waals surface area contributed by atoms with Crippen molar-refractivity contribution in [2.24, 2.45) is 0 Å². The summed E-state index contributed by atoms with van der Waals surface area (Å²) in [5, 5.41) is 3.58. The minimum atomic E-state index is 0.220. The van der Waals surface area contributed by atoms with Gasteiger partial charge in [0.2, 0.25) is 0 Å². The largest absolute Gasteiger partial charge is 0.380 e. The molecule has 0 saturated carbocycles. The van der Waals surface area contributed by atoms with Crippen LogP contribution in [-0.2, 0) is 4.74 Å². The van der Waals surface area contributed by atoms with Gasteiger partial charge in [-0.3, -0.25) is 0 Å². The first-order valence-corrected chi connectivity index (χ1v) is 7.24. The van der Waals surface area contributed by atoms with Crippen molar-refractivity contribution in [2.45, 2.75) is 19.9 Å². The van der Waals surface area contributed by atoms with E-state index in [4.69, 9.17) is 4.74 Å². The molecule has 20 heavy (non-hydrogen) atoms. The molecule has 0 aromatic heterocycles. The van der Waals surface area contributed by atoms with E-state index in [1.165, 1.54) is 16.7 Å². The van der Waals surface area contributed by atoms with Crippen molar-refractivity contribution in [3.8, 4) is 0 Å². The molecule has 2 nitrogen and oxygen atoms in total. The molecule has 2 rings (SSSR count). The first-order valence-electron chi connectivity index (χ1n) is 7.24. The summed E-state index contributed by atoms with van der Waals surface area (Å²) in [7, 11) is 0. The number of hydrogen-bond donors (Lipinski definition) is 1. The van der Waals surface area contributed by atoms with Crippen molar-refractivity contribution >= 4 is 0 Å². The normalized spacial score (nSPS) is 12.3. The maximum absolute atomic E-state index is 5.41. The lowest BCUT2D eigenvalue weighted by atomic mass is 9.98. The Bertz CT molecular complexity index is 493. The molecule has 0 saturated heterocycles. The molecule has 2 heteroatoms. The van der Waals surface area contributed by atoms with E-state index in [2.05, 4.69) is 66.8 Å². The molecular weight excluding hydrogens is 246 g/mol. The van der Waals surface area contributed by atoms with Crippen molar-refractivity contribution < 1.29 is 4.74 Å². The molecule has 0 heterocycles. The molecule has 1 atom stereocenters. The Hall–Kier alpha value is -1.64. The zero-order valence-corrected chi connectivity index (χ0v) is 12.3. The maximum atomic E-state index is 5.41. The molecule has 0 aliphatic carbocycles. The fraction of sp³-hybridized carbons (Fsp3) is 0.333. The fourth-order valence-corrected chi connectivity index (χ4v) is 2.25. The van der Waals surface area contributed by atoms with Crippen LogP contribution in [0.3, 0.4) is 0 Å². The predicted molar refractivity (Wildman–Crippen MR) is 84.0 cm³/mol. The van der Waals surface area contributed by atoms with Crippen LogP contribution in [0, 0.1) is 6.92 Å². The molecule has 0 bridgehead atoms. The van der Waals surface area contributed by atoms with E-state index in [9.17, 15) is 0 Å². The first kappa shape index (κ1) is 14.8. The zero-order chi connectivity index (χ0) is 14.2. The maximum Gasteiger partial charge on any atom is 0.0591 e. The van der Waals surface area contributed by atoms with Gasteiger partial charge in [0, 0.05) is 13.2 Å². The van der Waals surface area contributed by atoms with E-state index >= 15 is 0 Å². The highest BCUT2D eigenvalue weighted by atomic mass is 16.5. The molecule has 0 aliphatic rings. The number of nitrogens with one attached hydrogen (secondary N) is 1. The summed E-state index contributed by atoms with van der Waals surface area (Å²) < 4.78 is 5.41. The Labute approximate surface area is 121 Å². The highest BCUT2D eigenvalue weighted by Gasteiger charge is 2.12. The molecule has 1 N–H and O–H groups in total. The summed E-state index contributed by atoms with van der Waals surface area (Å²) in [4.78, 5) is 0. The first-order chi connectivity index (χ1) is 9.81. The number of rotatable bonds is 7. The molecule has 2 aromatic carbocycles. The quantitative estimate of drug-likeness (QED) is 0.774. The van der Waals surface area contributed by atoms with E-state index in [-0.39, 0.29) is 6.04 Å². The topological polar surface area (TPSA) is 21.3 Å². The van der Waals surface area contributed by atoms with Crippen molar-refractivity contribution in [3.05, 3.63) is 71.3 Å². The van der Waals surface area contributed by atoms with E-state index in [0.29, 0.717) is 0 Å². The van der Waals surface area contributed by atoms with Gasteiger partial charge in [-0.15, -0.1) is 0 Å². The van der Waals surface area contributed by atoms with Crippen LogP contribution in [0.4, 0.5) is 0 Å². The molecular formula is C18H23NO. The van der Waals surface area contributed by atoms with Gasteiger partial charge in [-0.25, -0.2) is 0 Å². The minimum absolute atomic E-state index is 0.220. The molecule has 106 valence electrons. The highest BCUT2D eigenvalue weighted by Crippen LogP contribution is 2.22. The predicted octanol–water partition coefficient (Wildman–Crippen LogP) is 3.71. The third-order valence-corrected chi connectivity index (χ3v) is 3.34. The van der Waals surface area contributed by atoms with Crippen LogP contribution >= 0.6 is 0 Å². The second-order valence-corrected chi connectivity index (χ2v) is 4.91. The van der Waals surface area contributed by atoms with Gasteiger partial charge in [-0.2, -0.15) is 0 Å². The van der Waals surface area contributed by atoms with Crippen molar-refractivity contribution in [1.82, 2.24) is 5.32 Å². The monoisotopic (exact) mass is 269 g/mol. The van der Waals surface area contributed by atoms with Gasteiger partial charge in [-0.1, -0.05) is 60.2 Å². The fourth-order valence-electron chi connectivity index (χ4n) is 2.25. The molecule has 0 aliphatic heterocycles. The SMILES string of the molecule is CCOCCN[C@H](c1ccccc1)c1ccc(C)cc1. The third-order valence-electron chi connectivity index (χ3n) is 3.34. The highest BCUT2D eigenvalue weighted by molar-refractivity contribution is 5.33. The smallest absolute Gasteiger partial charge is 0.0591 e. The second kappa shape index (κ2) is 7.83. The summed E-state index contributed by atoms with van der Waals surface area (Å²) >= 11 is 0. The van der Waals surface area contributed by atoms with E-state index in [1.807, 2.05) is 6.92 Å². The van der Waals surface area contributed by atoms with Gasteiger partial charge in [-0.05, 0) is 25.0 Å². The van der Waals surface area contributed by atoms with Gasteiger partial charge in [0.15, 0.2) is 0 Å². The van der Waals surface area contributed by atoms with Crippen molar-refractivity contribution in [1.29, 1.82) is 0 Å². The molecule has 0 fully saturated rings.